The highest BCUT2D eigenvalue weighted by Gasteiger charge is 2.27. The fourth-order valence-electron chi connectivity index (χ4n) is 2.20. The SMILES string of the molecule is CNc1cnc(CN(C)CC2CC(O)C2)cn1. The molecule has 0 unspecified atom stereocenters. The van der Waals surface area contributed by atoms with Crippen molar-refractivity contribution in [2.45, 2.75) is 25.5 Å². The summed E-state index contributed by atoms with van der Waals surface area (Å²) in [4.78, 5) is 10.8. The molecule has 1 heterocycles. The van der Waals surface area contributed by atoms with E-state index in [2.05, 4.69) is 27.2 Å². The molecule has 2 rings (SSSR count). The maximum absolute atomic E-state index is 9.23. The molecule has 1 aromatic heterocycles. The molecule has 94 valence electrons. The Labute approximate surface area is 102 Å². The van der Waals surface area contributed by atoms with Crippen LogP contribution in [0.3, 0.4) is 0 Å². The molecule has 0 aliphatic heterocycles. The van der Waals surface area contributed by atoms with Gasteiger partial charge < -0.3 is 15.3 Å². The highest BCUT2D eigenvalue weighted by Crippen LogP contribution is 2.27. The van der Waals surface area contributed by atoms with Crippen LogP contribution in [0.1, 0.15) is 18.5 Å². The van der Waals surface area contributed by atoms with E-state index in [1.54, 1.807) is 12.4 Å². The van der Waals surface area contributed by atoms with E-state index in [0.29, 0.717) is 5.92 Å². The van der Waals surface area contributed by atoms with Crippen LogP contribution in [0.15, 0.2) is 12.4 Å². The van der Waals surface area contributed by atoms with Crippen molar-refractivity contribution in [3.63, 3.8) is 0 Å². The van der Waals surface area contributed by atoms with Gasteiger partial charge in [0.1, 0.15) is 5.82 Å². The summed E-state index contributed by atoms with van der Waals surface area (Å²) in [6.07, 6.45) is 5.36. The quantitative estimate of drug-likeness (QED) is 0.789. The van der Waals surface area contributed by atoms with Gasteiger partial charge in [0.05, 0.1) is 24.2 Å². The van der Waals surface area contributed by atoms with Crippen LogP contribution in [0.5, 0.6) is 0 Å². The molecule has 17 heavy (non-hydrogen) atoms. The summed E-state index contributed by atoms with van der Waals surface area (Å²) in [5.41, 5.74) is 0.978. The van der Waals surface area contributed by atoms with Crippen molar-refractivity contribution in [1.29, 1.82) is 0 Å². The summed E-state index contributed by atoms with van der Waals surface area (Å²) in [5, 5.41) is 12.2. The number of aliphatic hydroxyl groups excluding tert-OH is 1. The van der Waals surface area contributed by atoms with Crippen LogP contribution in [-0.4, -0.2) is 46.7 Å². The second kappa shape index (κ2) is 5.42. The van der Waals surface area contributed by atoms with E-state index < -0.39 is 0 Å². The zero-order chi connectivity index (χ0) is 12.3. The molecule has 1 aliphatic rings. The molecule has 0 radical (unpaired) electrons. The molecule has 0 bridgehead atoms. The van der Waals surface area contributed by atoms with Crippen LogP contribution in [0.25, 0.3) is 0 Å². The first-order valence-electron chi connectivity index (χ1n) is 6.02. The van der Waals surface area contributed by atoms with Gasteiger partial charge in [0.15, 0.2) is 0 Å². The number of nitrogens with zero attached hydrogens (tertiary/aromatic N) is 3. The lowest BCUT2D eigenvalue weighted by molar-refractivity contribution is 0.0272. The molecule has 0 amide bonds. The Morgan fingerprint density at radius 1 is 1.41 bits per heavy atom. The number of aliphatic hydroxyl groups is 1. The number of anilines is 1. The molecular weight excluding hydrogens is 216 g/mol. The van der Waals surface area contributed by atoms with Gasteiger partial charge in [-0.3, -0.25) is 4.98 Å². The molecule has 0 atom stereocenters. The van der Waals surface area contributed by atoms with E-state index in [1.807, 2.05) is 7.05 Å². The first-order valence-corrected chi connectivity index (χ1v) is 6.02. The molecule has 0 saturated heterocycles. The Kier molecular flexibility index (Phi) is 3.91. The van der Waals surface area contributed by atoms with Gasteiger partial charge in [-0.05, 0) is 25.8 Å². The van der Waals surface area contributed by atoms with Gasteiger partial charge in [0.25, 0.3) is 0 Å². The normalized spacial score (nSPS) is 23.5. The molecule has 0 spiro atoms. The average Bonchev–Trinajstić information content (AvgIpc) is 2.28. The molecule has 5 heteroatoms. The summed E-state index contributed by atoms with van der Waals surface area (Å²) < 4.78 is 0. The van der Waals surface area contributed by atoms with Crippen molar-refractivity contribution in [2.75, 3.05) is 26.0 Å². The minimum atomic E-state index is -0.0666. The Bertz CT molecular complexity index is 348. The zero-order valence-corrected chi connectivity index (χ0v) is 10.4. The van der Waals surface area contributed by atoms with Crippen molar-refractivity contribution in [3.05, 3.63) is 18.1 Å². The van der Waals surface area contributed by atoms with Crippen LogP contribution in [0.4, 0.5) is 5.82 Å². The molecule has 5 nitrogen and oxygen atoms in total. The third kappa shape index (κ3) is 3.38. The van der Waals surface area contributed by atoms with Crippen LogP contribution >= 0.6 is 0 Å². The Hall–Kier alpha value is -1.20. The number of aromatic nitrogens is 2. The highest BCUT2D eigenvalue weighted by molar-refractivity contribution is 5.29. The lowest BCUT2D eigenvalue weighted by Crippen LogP contribution is -2.36. The number of rotatable bonds is 5. The van der Waals surface area contributed by atoms with Crippen molar-refractivity contribution in [1.82, 2.24) is 14.9 Å². The third-order valence-corrected chi connectivity index (χ3v) is 3.17. The van der Waals surface area contributed by atoms with Gasteiger partial charge in [-0.1, -0.05) is 0 Å². The fraction of sp³-hybridized carbons (Fsp3) is 0.667. The number of nitrogens with one attached hydrogen (secondary N) is 1. The third-order valence-electron chi connectivity index (χ3n) is 3.17. The minimum absolute atomic E-state index is 0.0666. The molecule has 2 N–H and O–H groups in total. The van der Waals surface area contributed by atoms with Crippen molar-refractivity contribution in [3.8, 4) is 0 Å². The van der Waals surface area contributed by atoms with Gasteiger partial charge in [-0.15, -0.1) is 0 Å². The highest BCUT2D eigenvalue weighted by atomic mass is 16.3. The van der Waals surface area contributed by atoms with Crippen LogP contribution in [-0.2, 0) is 6.54 Å². The molecule has 1 aliphatic carbocycles. The van der Waals surface area contributed by atoms with Crippen LogP contribution < -0.4 is 5.32 Å². The van der Waals surface area contributed by atoms with Gasteiger partial charge in [-0.25, -0.2) is 4.98 Å². The number of hydrogen-bond donors (Lipinski definition) is 2. The van der Waals surface area contributed by atoms with E-state index >= 15 is 0 Å². The second-order valence-corrected chi connectivity index (χ2v) is 4.83. The predicted molar refractivity (Wildman–Crippen MR) is 66.6 cm³/mol. The predicted octanol–water partition coefficient (Wildman–Crippen LogP) is 0.721. The maximum Gasteiger partial charge on any atom is 0.144 e. The van der Waals surface area contributed by atoms with Crippen molar-refractivity contribution >= 4 is 5.82 Å². The number of hydrogen-bond acceptors (Lipinski definition) is 5. The van der Waals surface area contributed by atoms with Crippen LogP contribution in [0.2, 0.25) is 0 Å². The smallest absolute Gasteiger partial charge is 0.144 e. The molecule has 1 saturated carbocycles. The Morgan fingerprint density at radius 2 is 2.18 bits per heavy atom. The van der Waals surface area contributed by atoms with Gasteiger partial charge in [0.2, 0.25) is 0 Å². The average molecular weight is 236 g/mol. The molecule has 0 aromatic carbocycles. The van der Waals surface area contributed by atoms with Gasteiger partial charge in [0, 0.05) is 20.1 Å². The first-order chi connectivity index (χ1) is 8.17. The van der Waals surface area contributed by atoms with Gasteiger partial charge >= 0.3 is 0 Å². The molecule has 1 fully saturated rings. The van der Waals surface area contributed by atoms with Crippen LogP contribution in [0, 0.1) is 5.92 Å². The summed E-state index contributed by atoms with van der Waals surface area (Å²) >= 11 is 0. The Morgan fingerprint density at radius 3 is 2.71 bits per heavy atom. The standard InChI is InChI=1S/C12H20N4O/c1-13-12-6-14-10(5-15-12)8-16(2)7-9-3-11(17)4-9/h5-6,9,11,17H,3-4,7-8H2,1-2H3,(H,13,15). The minimum Gasteiger partial charge on any atom is -0.393 e. The molecular formula is C12H20N4O. The largest absolute Gasteiger partial charge is 0.393 e. The Balaban J connectivity index is 1.78. The van der Waals surface area contributed by atoms with Crippen molar-refractivity contribution < 1.29 is 5.11 Å². The summed E-state index contributed by atoms with van der Waals surface area (Å²) in [7, 11) is 3.91. The topological polar surface area (TPSA) is 61.3 Å². The summed E-state index contributed by atoms with van der Waals surface area (Å²) in [6, 6.07) is 0. The van der Waals surface area contributed by atoms with Gasteiger partial charge in [-0.2, -0.15) is 0 Å². The first kappa shape index (κ1) is 12.3. The summed E-state index contributed by atoms with van der Waals surface area (Å²) in [5.74, 6) is 1.43. The summed E-state index contributed by atoms with van der Waals surface area (Å²) in [6.45, 7) is 1.83. The van der Waals surface area contributed by atoms with E-state index in [4.69, 9.17) is 0 Å². The fourth-order valence-corrected chi connectivity index (χ4v) is 2.20. The maximum atomic E-state index is 9.23. The van der Waals surface area contributed by atoms with E-state index in [-0.39, 0.29) is 6.10 Å². The molecule has 1 aromatic rings. The van der Waals surface area contributed by atoms with E-state index in [1.165, 1.54) is 0 Å². The monoisotopic (exact) mass is 236 g/mol. The lowest BCUT2D eigenvalue weighted by Gasteiger charge is -2.34. The van der Waals surface area contributed by atoms with Crippen molar-refractivity contribution in [2.24, 2.45) is 5.92 Å². The lowest BCUT2D eigenvalue weighted by atomic mass is 9.82. The zero-order valence-electron chi connectivity index (χ0n) is 10.4. The van der Waals surface area contributed by atoms with E-state index in [9.17, 15) is 5.11 Å². The second-order valence-electron chi connectivity index (χ2n) is 4.83. The van der Waals surface area contributed by atoms with E-state index in [0.717, 1.165) is 37.4 Å².